The molecular weight excluding hydrogens is 236 g/mol. The highest BCUT2D eigenvalue weighted by atomic mass is 16.1. The molecule has 0 aliphatic heterocycles. The summed E-state index contributed by atoms with van der Waals surface area (Å²) in [4.78, 5) is 11.3. The number of hydrogen-bond donors (Lipinski definition) is 1. The topological polar surface area (TPSA) is 37.8 Å². The highest BCUT2D eigenvalue weighted by Gasteiger charge is 2.07. The molecule has 3 rings (SSSR count). The Morgan fingerprint density at radius 1 is 1.21 bits per heavy atom. The van der Waals surface area contributed by atoms with Crippen molar-refractivity contribution in [2.75, 3.05) is 0 Å². The second-order valence-electron chi connectivity index (χ2n) is 4.42. The summed E-state index contributed by atoms with van der Waals surface area (Å²) in [5.41, 5.74) is 4.51. The van der Waals surface area contributed by atoms with Crippen molar-refractivity contribution in [3.05, 3.63) is 57.5 Å². The van der Waals surface area contributed by atoms with Gasteiger partial charge in [-0.25, -0.2) is 0 Å². The van der Waals surface area contributed by atoms with Crippen molar-refractivity contribution >= 4 is 6.08 Å². The van der Waals surface area contributed by atoms with E-state index < -0.39 is 0 Å². The number of H-pyrrole nitrogens is 1. The Kier molecular flexibility index (Phi) is 4.05. The van der Waals surface area contributed by atoms with Crippen molar-refractivity contribution in [3.63, 3.8) is 0 Å². The first-order valence-corrected chi connectivity index (χ1v) is 6.82. The molecule has 0 spiro atoms. The second kappa shape index (κ2) is 5.74. The van der Waals surface area contributed by atoms with E-state index in [1.807, 2.05) is 25.5 Å². The van der Waals surface area contributed by atoms with Gasteiger partial charge in [-0.3, -0.25) is 14.6 Å². The lowest BCUT2D eigenvalue weighted by Crippen LogP contribution is -2.05. The molecule has 2 aromatic rings. The van der Waals surface area contributed by atoms with E-state index in [1.165, 1.54) is 11.1 Å². The van der Waals surface area contributed by atoms with Gasteiger partial charge in [-0.05, 0) is 43.0 Å². The summed E-state index contributed by atoms with van der Waals surface area (Å²) in [6.45, 7) is 5.92. The zero-order valence-corrected chi connectivity index (χ0v) is 11.7. The Morgan fingerprint density at radius 3 is 2.68 bits per heavy atom. The Morgan fingerprint density at radius 2 is 2.00 bits per heavy atom. The number of rotatable bonds is 1. The smallest absolute Gasteiger partial charge is 0.264 e. The van der Waals surface area contributed by atoms with Crippen LogP contribution in [0, 0.1) is 6.92 Å². The third kappa shape index (κ3) is 2.70. The van der Waals surface area contributed by atoms with Crippen molar-refractivity contribution < 1.29 is 0 Å². The molecule has 0 saturated heterocycles. The highest BCUT2D eigenvalue weighted by molar-refractivity contribution is 5.59. The molecule has 100 valence electrons. The van der Waals surface area contributed by atoms with E-state index in [-0.39, 0.29) is 5.56 Å². The molecule has 1 aliphatic rings. The van der Waals surface area contributed by atoms with Crippen LogP contribution in [0.5, 0.6) is 0 Å². The molecular formula is C16H20N2O. The third-order valence-electron chi connectivity index (χ3n) is 3.18. The molecule has 3 nitrogen and oxygen atoms in total. The largest absolute Gasteiger partial charge is 0.268 e. The summed E-state index contributed by atoms with van der Waals surface area (Å²) in [6.07, 6.45) is 6.57. The standard InChI is InChI=1S/C14H14N2O.C2H6/c1-10-8-14(17)15-16(10)13-7-6-11-4-2-3-5-12(11)9-13;1-2/h3,5-9H,2,4H2,1H3,(H,15,17);1-2H3. The maximum Gasteiger partial charge on any atom is 0.264 e. The lowest BCUT2D eigenvalue weighted by molar-refractivity contribution is 0.832. The molecule has 1 aliphatic carbocycles. The van der Waals surface area contributed by atoms with Crippen LogP contribution in [0.4, 0.5) is 0 Å². The number of benzene rings is 1. The van der Waals surface area contributed by atoms with Gasteiger partial charge in [-0.1, -0.05) is 32.1 Å². The van der Waals surface area contributed by atoms with Gasteiger partial charge in [0.25, 0.3) is 5.56 Å². The van der Waals surface area contributed by atoms with Crippen LogP contribution in [0.25, 0.3) is 11.8 Å². The zero-order chi connectivity index (χ0) is 13.8. The van der Waals surface area contributed by atoms with Crippen molar-refractivity contribution in [2.45, 2.75) is 33.6 Å². The van der Waals surface area contributed by atoms with E-state index >= 15 is 0 Å². The molecule has 0 fully saturated rings. The van der Waals surface area contributed by atoms with Crippen LogP contribution in [0.3, 0.4) is 0 Å². The molecule has 0 saturated carbocycles. The summed E-state index contributed by atoms with van der Waals surface area (Å²) in [5, 5.41) is 2.80. The summed E-state index contributed by atoms with van der Waals surface area (Å²) in [7, 11) is 0. The maximum atomic E-state index is 11.3. The Bertz CT molecular complexity index is 647. The van der Waals surface area contributed by atoms with E-state index in [0.717, 1.165) is 24.2 Å². The van der Waals surface area contributed by atoms with Gasteiger partial charge < -0.3 is 0 Å². The summed E-state index contributed by atoms with van der Waals surface area (Å²) in [5.74, 6) is 0. The third-order valence-corrected chi connectivity index (χ3v) is 3.18. The van der Waals surface area contributed by atoms with E-state index in [1.54, 1.807) is 6.07 Å². The van der Waals surface area contributed by atoms with Crippen molar-refractivity contribution in [1.82, 2.24) is 9.78 Å². The fourth-order valence-corrected chi connectivity index (χ4v) is 2.31. The molecule has 0 amide bonds. The molecule has 19 heavy (non-hydrogen) atoms. The van der Waals surface area contributed by atoms with Gasteiger partial charge in [0.2, 0.25) is 0 Å². The first-order valence-electron chi connectivity index (χ1n) is 6.82. The minimum atomic E-state index is -0.0595. The average Bonchev–Trinajstić information content (AvgIpc) is 2.79. The van der Waals surface area contributed by atoms with Crippen LogP contribution in [-0.4, -0.2) is 9.78 Å². The minimum absolute atomic E-state index is 0.0595. The van der Waals surface area contributed by atoms with Gasteiger partial charge in [0.15, 0.2) is 0 Å². The highest BCUT2D eigenvalue weighted by Crippen LogP contribution is 2.22. The molecule has 1 N–H and O–H groups in total. The van der Waals surface area contributed by atoms with E-state index in [9.17, 15) is 4.79 Å². The molecule has 3 heteroatoms. The van der Waals surface area contributed by atoms with Crippen molar-refractivity contribution in [2.24, 2.45) is 0 Å². The Hall–Kier alpha value is -2.03. The van der Waals surface area contributed by atoms with Crippen LogP contribution in [0.2, 0.25) is 0 Å². The van der Waals surface area contributed by atoms with Gasteiger partial charge >= 0.3 is 0 Å². The second-order valence-corrected chi connectivity index (χ2v) is 4.42. The van der Waals surface area contributed by atoms with Crippen LogP contribution in [-0.2, 0) is 6.42 Å². The first-order chi connectivity index (χ1) is 9.24. The van der Waals surface area contributed by atoms with Crippen LogP contribution in [0.1, 0.15) is 37.1 Å². The van der Waals surface area contributed by atoms with Gasteiger partial charge in [0, 0.05) is 11.8 Å². The molecule has 1 aromatic carbocycles. The number of aromatic amines is 1. The molecule has 0 bridgehead atoms. The predicted octanol–water partition coefficient (Wildman–Crippen LogP) is 3.46. The normalized spacial score (nSPS) is 12.6. The minimum Gasteiger partial charge on any atom is -0.268 e. The number of aryl methyl sites for hydroxylation is 2. The number of allylic oxidation sites excluding steroid dienone is 1. The number of fused-ring (bicyclic) bond motifs is 1. The maximum absolute atomic E-state index is 11.3. The predicted molar refractivity (Wildman–Crippen MR) is 79.8 cm³/mol. The number of aromatic nitrogens is 2. The van der Waals surface area contributed by atoms with Gasteiger partial charge in [-0.15, -0.1) is 0 Å². The molecule has 0 radical (unpaired) electrons. The summed E-state index contributed by atoms with van der Waals surface area (Å²) >= 11 is 0. The van der Waals surface area contributed by atoms with Crippen LogP contribution in [0.15, 0.2) is 35.1 Å². The lowest BCUT2D eigenvalue weighted by Gasteiger charge is -2.13. The molecule has 0 atom stereocenters. The zero-order valence-electron chi connectivity index (χ0n) is 11.7. The van der Waals surface area contributed by atoms with Crippen LogP contribution < -0.4 is 5.56 Å². The SMILES string of the molecule is CC.Cc1cc(=O)[nH]n1-c1ccc2c(c1)C=CCC2. The van der Waals surface area contributed by atoms with E-state index in [4.69, 9.17) is 0 Å². The van der Waals surface area contributed by atoms with Gasteiger partial charge in [-0.2, -0.15) is 0 Å². The van der Waals surface area contributed by atoms with Gasteiger partial charge in [0.1, 0.15) is 0 Å². The molecule has 1 heterocycles. The Labute approximate surface area is 113 Å². The van der Waals surface area contributed by atoms with E-state index in [2.05, 4.69) is 35.4 Å². The first kappa shape index (κ1) is 13.4. The van der Waals surface area contributed by atoms with Crippen LogP contribution >= 0.6 is 0 Å². The lowest BCUT2D eigenvalue weighted by atomic mass is 9.97. The van der Waals surface area contributed by atoms with E-state index in [0.29, 0.717) is 0 Å². The number of hydrogen-bond acceptors (Lipinski definition) is 1. The van der Waals surface area contributed by atoms with Crippen molar-refractivity contribution in [1.29, 1.82) is 0 Å². The quantitative estimate of drug-likeness (QED) is 0.833. The number of nitrogens with one attached hydrogen (secondary N) is 1. The fraction of sp³-hybridized carbons (Fsp3) is 0.312. The van der Waals surface area contributed by atoms with Gasteiger partial charge in [0.05, 0.1) is 5.69 Å². The fourth-order valence-electron chi connectivity index (χ4n) is 2.31. The number of nitrogens with zero attached hydrogens (tertiary/aromatic N) is 1. The summed E-state index contributed by atoms with van der Waals surface area (Å²) in [6, 6.07) is 7.93. The molecule has 1 aromatic heterocycles. The average molecular weight is 256 g/mol. The monoisotopic (exact) mass is 256 g/mol. The van der Waals surface area contributed by atoms with Crippen molar-refractivity contribution in [3.8, 4) is 5.69 Å². The Balaban J connectivity index is 0.000000637. The molecule has 0 unspecified atom stereocenters. The summed E-state index contributed by atoms with van der Waals surface area (Å²) < 4.78 is 1.82.